The van der Waals surface area contributed by atoms with Crippen LogP contribution in [0.3, 0.4) is 0 Å². The number of likely N-dealkylation sites (N-methyl/N-ethyl adjacent to an activating group) is 1. The zero-order valence-corrected chi connectivity index (χ0v) is 61.1. The Labute approximate surface area is 640 Å². The number of hydrogen-bond donors (Lipinski definition) is 7. The maximum Gasteiger partial charge on any atom is 0.298 e. The van der Waals surface area contributed by atoms with Gasteiger partial charge >= 0.3 is 0 Å². The summed E-state index contributed by atoms with van der Waals surface area (Å²) in [5.41, 5.74) is 23.9. The molecule has 0 spiro atoms. The van der Waals surface area contributed by atoms with Gasteiger partial charge < -0.3 is 65.1 Å². The molecule has 2 aliphatic rings. The molecular formula is C82H69ClF4N16O9. The van der Waals surface area contributed by atoms with E-state index in [1.807, 2.05) is 46.6 Å². The number of fused-ring (bicyclic) bond motifs is 3. The predicted molar refractivity (Wildman–Crippen MR) is 420 cm³/mol. The maximum atomic E-state index is 14.1. The minimum Gasteiger partial charge on any atom is -0.454 e. The number of H-pyrrole nitrogens is 3. The number of para-hydroxylation sites is 3. The second-order valence-corrected chi connectivity index (χ2v) is 26.5. The molecule has 2 saturated heterocycles. The van der Waals surface area contributed by atoms with Gasteiger partial charge in [-0.15, -0.1) is 0 Å². The van der Waals surface area contributed by atoms with Gasteiger partial charge in [0.15, 0.2) is 58.0 Å². The summed E-state index contributed by atoms with van der Waals surface area (Å²) in [6.45, 7) is 5.75. The molecule has 0 bridgehead atoms. The van der Waals surface area contributed by atoms with Crippen molar-refractivity contribution in [3.05, 3.63) is 248 Å². The first-order valence-corrected chi connectivity index (χ1v) is 35.2. The molecule has 2 fully saturated rings. The van der Waals surface area contributed by atoms with Crippen LogP contribution in [0.2, 0.25) is 5.02 Å². The molecule has 566 valence electrons. The summed E-state index contributed by atoms with van der Waals surface area (Å²) >= 11 is 6.06. The van der Waals surface area contributed by atoms with E-state index in [2.05, 4.69) is 59.6 Å². The number of likely N-dealkylation sites (tertiary alicyclic amines) is 2. The average Bonchev–Trinajstić information content (AvgIpc) is 1.61. The van der Waals surface area contributed by atoms with E-state index in [1.54, 1.807) is 156 Å². The lowest BCUT2D eigenvalue weighted by Crippen LogP contribution is -2.28. The normalized spacial score (nSPS) is 13.8. The summed E-state index contributed by atoms with van der Waals surface area (Å²) in [5, 5.41) is 23.7. The highest BCUT2D eigenvalue weighted by atomic mass is 35.5. The summed E-state index contributed by atoms with van der Waals surface area (Å²) in [7, 11) is 3.83. The molecule has 0 saturated carbocycles. The number of nitrogens with zero attached hydrogens (tertiary/aromatic N) is 9. The van der Waals surface area contributed by atoms with Gasteiger partial charge in [0.25, 0.3) is 28.5 Å². The van der Waals surface area contributed by atoms with Gasteiger partial charge in [0, 0.05) is 85.5 Å². The number of hydrogen-bond acceptors (Lipinski definition) is 16. The van der Waals surface area contributed by atoms with Gasteiger partial charge in [-0.1, -0.05) is 96.2 Å². The molecule has 0 radical (unpaired) electrons. The molecule has 112 heavy (non-hydrogen) atoms. The molecule has 8 heterocycles. The van der Waals surface area contributed by atoms with Crippen LogP contribution in [0.15, 0.2) is 203 Å². The Morgan fingerprint density at radius 3 is 1.46 bits per heavy atom. The minimum absolute atomic E-state index is 0.0587. The molecule has 7 aromatic carbocycles. The summed E-state index contributed by atoms with van der Waals surface area (Å²) in [6.07, 6.45) is 10.0. The number of halogens is 5. The lowest BCUT2D eigenvalue weighted by atomic mass is 10.1. The van der Waals surface area contributed by atoms with Crippen LogP contribution < -0.4 is 53.4 Å². The van der Waals surface area contributed by atoms with Crippen LogP contribution in [0.25, 0.3) is 71.8 Å². The molecular weight excluding hydrogens is 1460 g/mol. The van der Waals surface area contributed by atoms with E-state index in [0.29, 0.717) is 123 Å². The summed E-state index contributed by atoms with van der Waals surface area (Å²) in [4.78, 5) is 80.7. The van der Waals surface area contributed by atoms with E-state index in [-0.39, 0.29) is 75.1 Å². The van der Waals surface area contributed by atoms with Crippen LogP contribution in [0.5, 0.6) is 34.5 Å². The van der Waals surface area contributed by atoms with Crippen molar-refractivity contribution in [1.29, 1.82) is 0 Å². The predicted octanol–water partition coefficient (Wildman–Crippen LogP) is 13.1. The number of aromatic nitrogens is 9. The average molecular weight is 1530 g/mol. The molecule has 15 rings (SSSR count). The summed E-state index contributed by atoms with van der Waals surface area (Å²) in [6, 6.07) is 41.3. The molecule has 13 aromatic rings. The second kappa shape index (κ2) is 33.1. The zero-order valence-electron chi connectivity index (χ0n) is 60.3. The Kier molecular flexibility index (Phi) is 22.5. The number of carbonyl (C=O) groups is 3. The number of ether oxygens (including phenoxy) is 3. The van der Waals surface area contributed by atoms with Gasteiger partial charge in [-0.25, -0.2) is 32.9 Å². The van der Waals surface area contributed by atoms with Crippen molar-refractivity contribution in [2.75, 3.05) is 69.3 Å². The first-order chi connectivity index (χ1) is 54.0. The van der Waals surface area contributed by atoms with E-state index in [0.717, 1.165) is 23.3 Å². The van der Waals surface area contributed by atoms with Crippen LogP contribution >= 0.6 is 11.6 Å². The van der Waals surface area contributed by atoms with E-state index in [1.165, 1.54) is 30.3 Å². The number of nitrogens with two attached hydrogens (primary N) is 3. The largest absolute Gasteiger partial charge is 0.454 e. The quantitative estimate of drug-likeness (QED) is 0.0268. The standard InChI is InChI=1S/C30H27FN6O3.C26H21ClFN5O3.C26H21F2N5O3/c1-36(2)16-6-11-26(38)33-20-7-5-8-21(17-20)37-18-23(27-28(37)30(39)35-34-29(27)32)19-12-14-22(15-13-19)40-25-10-4-3-9-24(25)31;2*1-2-4-21(34)32-12-11-16(13-32)33-14-18(22-23(33)26(35)31-30-25(22)29)15-7-9-17(10-8-15)36-24-19(27)5-3-6-20(24)28/h3-15,17-18H,16H2,1-2H3,(H2,32,34)(H,33,38)(H,35,39);2*3,5-10,14,16H,11-13H2,1H3,(H2,29,30)(H,31,35)/b11-6+;;/t;2*16-/m.11/s1. The number of benzene rings is 7. The van der Waals surface area contributed by atoms with Crippen molar-refractivity contribution < 1.29 is 46.2 Å². The van der Waals surface area contributed by atoms with E-state index >= 15 is 0 Å². The fourth-order valence-corrected chi connectivity index (χ4v) is 13.4. The number of amides is 3. The molecule has 2 atom stereocenters. The highest BCUT2D eigenvalue weighted by Gasteiger charge is 2.32. The third-order valence-corrected chi connectivity index (χ3v) is 18.7. The first kappa shape index (κ1) is 76.1. The minimum atomic E-state index is -0.811. The van der Waals surface area contributed by atoms with Crippen molar-refractivity contribution in [1.82, 2.24) is 59.0 Å². The summed E-state index contributed by atoms with van der Waals surface area (Å²) < 4.78 is 78.2. The lowest BCUT2D eigenvalue weighted by Gasteiger charge is -2.15. The smallest absolute Gasteiger partial charge is 0.298 e. The maximum absolute atomic E-state index is 14.1. The molecule has 25 nitrogen and oxygen atoms in total. The highest BCUT2D eigenvalue weighted by molar-refractivity contribution is 6.32. The van der Waals surface area contributed by atoms with Gasteiger partial charge in [-0.2, -0.15) is 15.3 Å². The SMILES string of the molecule is CC#CC(=O)N1CC[C@@H](n2cc(-c3ccc(Oc4c(F)cccc4Cl)cc3)c3c(N)n[nH]c(=O)c32)C1.CC#CC(=O)N1CC[C@@H](n2cc(-c3ccc(Oc4c(F)cccc4F)cc3)c3c(N)n[nH]c(=O)c32)C1.CN(C)C/C=C/C(=O)Nc1cccc(-n2cc(-c3ccc(Oc4ccccc4F)cc3)c3c(N)n[nH]c(=O)c32)c1. The van der Waals surface area contributed by atoms with Gasteiger partial charge in [-0.05, 0) is 160 Å². The Bertz CT molecular complexity index is 5870. The molecule has 30 heteroatoms. The highest BCUT2D eigenvalue weighted by Crippen LogP contribution is 2.42. The Morgan fingerprint density at radius 1 is 0.554 bits per heavy atom. The van der Waals surface area contributed by atoms with Crippen LogP contribution in [0.4, 0.5) is 40.7 Å². The number of nitrogens with one attached hydrogen (secondary N) is 4. The van der Waals surface area contributed by atoms with E-state index in [4.69, 9.17) is 43.0 Å². The zero-order chi connectivity index (χ0) is 79.0. The number of carbonyl (C=O) groups excluding carboxylic acids is 3. The Morgan fingerprint density at radius 2 is 0.982 bits per heavy atom. The fraction of sp³-hybridized carbons (Fsp3) is 0.159. The molecule has 0 unspecified atom stereocenters. The van der Waals surface area contributed by atoms with Crippen LogP contribution in [0.1, 0.15) is 38.8 Å². The van der Waals surface area contributed by atoms with Gasteiger partial charge in [0.2, 0.25) is 5.91 Å². The Hall–Kier alpha value is -14.2. The van der Waals surface area contributed by atoms with Crippen LogP contribution in [-0.2, 0) is 14.4 Å². The van der Waals surface area contributed by atoms with Crippen LogP contribution in [-0.4, -0.2) is 124 Å². The van der Waals surface area contributed by atoms with Crippen molar-refractivity contribution in [3.8, 4) is 97.2 Å². The molecule has 6 aromatic heterocycles. The molecule has 0 aliphatic carbocycles. The molecule has 2 aliphatic heterocycles. The lowest BCUT2D eigenvalue weighted by molar-refractivity contribution is -0.125. The second-order valence-electron chi connectivity index (χ2n) is 26.1. The Balaban J connectivity index is 0.000000147. The van der Waals surface area contributed by atoms with Crippen molar-refractivity contribution in [2.45, 2.75) is 38.8 Å². The first-order valence-electron chi connectivity index (χ1n) is 34.8. The van der Waals surface area contributed by atoms with Crippen molar-refractivity contribution in [3.63, 3.8) is 0 Å². The fourth-order valence-electron chi connectivity index (χ4n) is 13.2. The number of rotatable bonds is 16. The number of nitrogen functional groups attached to an aromatic ring is 3. The third-order valence-electron chi connectivity index (χ3n) is 18.4. The third kappa shape index (κ3) is 16.3. The van der Waals surface area contributed by atoms with E-state index in [9.17, 15) is 46.3 Å². The van der Waals surface area contributed by atoms with Gasteiger partial charge in [-0.3, -0.25) is 28.8 Å². The van der Waals surface area contributed by atoms with Gasteiger partial charge in [0.1, 0.15) is 33.8 Å². The van der Waals surface area contributed by atoms with Gasteiger partial charge in [0.05, 0.1) is 33.3 Å². The number of aromatic amines is 3. The molecule has 3 amide bonds. The topological polar surface area (TPSA) is 331 Å². The summed E-state index contributed by atoms with van der Waals surface area (Å²) in [5.74, 6) is 8.08. The van der Waals surface area contributed by atoms with Crippen molar-refractivity contribution >= 4 is 85.2 Å². The molecule has 10 N–H and O–H groups in total. The van der Waals surface area contributed by atoms with E-state index < -0.39 is 40.1 Å². The number of anilines is 4. The van der Waals surface area contributed by atoms with Crippen LogP contribution in [0, 0.1) is 47.0 Å². The monoisotopic (exact) mass is 1530 g/mol. The van der Waals surface area contributed by atoms with Crippen molar-refractivity contribution in [2.24, 2.45) is 0 Å².